The van der Waals surface area contributed by atoms with E-state index in [1.165, 1.54) is 23.1 Å². The van der Waals surface area contributed by atoms with E-state index in [9.17, 15) is 0 Å². The standard InChI is InChI=1S/C23H27N3/c1-5-17-6-7-18-13-20(9-11-22(18)15(17)3)26-16(4)21-10-8-19(23(24)25)12-14(21)2/h8-13,17,26H,3-7H2,1-2H3,(H3,24,25). The molecule has 0 saturated heterocycles. The first-order valence-corrected chi connectivity index (χ1v) is 9.14. The second-order valence-electron chi connectivity index (χ2n) is 7.09. The molecule has 0 bridgehead atoms. The van der Waals surface area contributed by atoms with Crippen LogP contribution < -0.4 is 11.1 Å². The van der Waals surface area contributed by atoms with Gasteiger partial charge in [-0.3, -0.25) is 5.41 Å². The van der Waals surface area contributed by atoms with Gasteiger partial charge in [-0.05, 0) is 72.6 Å². The molecule has 134 valence electrons. The average molecular weight is 345 g/mol. The Kier molecular flexibility index (Phi) is 4.99. The Hall–Kier alpha value is -2.81. The van der Waals surface area contributed by atoms with Crippen molar-refractivity contribution in [2.75, 3.05) is 5.32 Å². The number of nitrogens with one attached hydrogen (secondary N) is 2. The summed E-state index contributed by atoms with van der Waals surface area (Å²) in [6.45, 7) is 12.8. The summed E-state index contributed by atoms with van der Waals surface area (Å²) in [6.07, 6.45) is 3.43. The highest BCUT2D eigenvalue weighted by Gasteiger charge is 2.21. The molecule has 3 nitrogen and oxygen atoms in total. The highest BCUT2D eigenvalue weighted by Crippen LogP contribution is 2.37. The summed E-state index contributed by atoms with van der Waals surface area (Å²) in [6, 6.07) is 12.3. The maximum Gasteiger partial charge on any atom is 0.122 e. The summed E-state index contributed by atoms with van der Waals surface area (Å²) < 4.78 is 0. The van der Waals surface area contributed by atoms with Gasteiger partial charge in [0.25, 0.3) is 0 Å². The Bertz CT molecular complexity index is 892. The Labute approximate surface area is 156 Å². The lowest BCUT2D eigenvalue weighted by molar-refractivity contribution is 0.573. The Morgan fingerprint density at radius 2 is 2.04 bits per heavy atom. The zero-order valence-corrected chi connectivity index (χ0v) is 15.7. The molecule has 0 saturated carbocycles. The first-order valence-electron chi connectivity index (χ1n) is 9.14. The molecule has 0 radical (unpaired) electrons. The monoisotopic (exact) mass is 345 g/mol. The zero-order valence-electron chi connectivity index (χ0n) is 15.7. The van der Waals surface area contributed by atoms with Gasteiger partial charge in [-0.25, -0.2) is 0 Å². The Balaban J connectivity index is 1.81. The minimum atomic E-state index is 0.0820. The molecule has 3 heteroatoms. The lowest BCUT2D eigenvalue weighted by Gasteiger charge is -2.27. The smallest absolute Gasteiger partial charge is 0.122 e. The minimum Gasteiger partial charge on any atom is -0.384 e. The van der Waals surface area contributed by atoms with Gasteiger partial charge in [-0.15, -0.1) is 0 Å². The molecule has 0 amide bonds. The molecule has 4 N–H and O–H groups in total. The molecule has 0 aromatic heterocycles. The maximum absolute atomic E-state index is 7.55. The largest absolute Gasteiger partial charge is 0.384 e. The van der Waals surface area contributed by atoms with Crippen molar-refractivity contribution in [1.82, 2.24) is 0 Å². The molecule has 2 aromatic rings. The van der Waals surface area contributed by atoms with Gasteiger partial charge >= 0.3 is 0 Å². The normalized spacial score (nSPS) is 16.1. The van der Waals surface area contributed by atoms with E-state index in [1.807, 2.05) is 25.1 Å². The summed E-state index contributed by atoms with van der Waals surface area (Å²) in [5, 5.41) is 11.0. The highest BCUT2D eigenvalue weighted by molar-refractivity contribution is 5.95. The molecule has 0 aliphatic heterocycles. The van der Waals surface area contributed by atoms with E-state index >= 15 is 0 Å². The molecule has 1 aliphatic rings. The summed E-state index contributed by atoms with van der Waals surface area (Å²) in [7, 11) is 0. The van der Waals surface area contributed by atoms with Gasteiger partial charge in [0, 0.05) is 22.5 Å². The molecular formula is C23H27N3. The molecule has 0 fully saturated rings. The fraction of sp³-hybridized carbons (Fsp3) is 0.261. The van der Waals surface area contributed by atoms with Gasteiger partial charge < -0.3 is 11.1 Å². The first-order chi connectivity index (χ1) is 12.4. The third kappa shape index (κ3) is 3.43. The molecule has 26 heavy (non-hydrogen) atoms. The third-order valence-corrected chi connectivity index (χ3v) is 5.36. The van der Waals surface area contributed by atoms with Crippen LogP contribution >= 0.6 is 0 Å². The summed E-state index contributed by atoms with van der Waals surface area (Å²) in [4.78, 5) is 0. The second kappa shape index (κ2) is 7.20. The number of amidine groups is 1. The van der Waals surface area contributed by atoms with Crippen molar-refractivity contribution in [2.45, 2.75) is 33.1 Å². The van der Waals surface area contributed by atoms with Gasteiger partial charge in [-0.1, -0.05) is 38.3 Å². The van der Waals surface area contributed by atoms with E-state index in [1.54, 1.807) is 0 Å². The molecule has 0 heterocycles. The van der Waals surface area contributed by atoms with Crippen molar-refractivity contribution in [3.8, 4) is 0 Å². The predicted molar refractivity (Wildman–Crippen MR) is 112 cm³/mol. The summed E-state index contributed by atoms with van der Waals surface area (Å²) >= 11 is 0. The number of aryl methyl sites for hydroxylation is 2. The van der Waals surface area contributed by atoms with Gasteiger partial charge in [0.15, 0.2) is 0 Å². The highest BCUT2D eigenvalue weighted by atomic mass is 14.9. The molecule has 0 spiro atoms. The SMILES string of the molecule is C=C(Nc1ccc2c(c1)CCC(CC)C2=C)c1ccc(C(=N)N)cc1C. The molecular weight excluding hydrogens is 318 g/mol. The number of fused-ring (bicyclic) bond motifs is 1. The molecule has 3 rings (SSSR count). The van der Waals surface area contributed by atoms with Crippen LogP contribution in [0.25, 0.3) is 11.3 Å². The second-order valence-corrected chi connectivity index (χ2v) is 7.09. The van der Waals surface area contributed by atoms with Gasteiger partial charge in [0.1, 0.15) is 5.84 Å². The van der Waals surface area contributed by atoms with Crippen LogP contribution in [0, 0.1) is 18.3 Å². The van der Waals surface area contributed by atoms with E-state index in [-0.39, 0.29) is 5.84 Å². The van der Waals surface area contributed by atoms with Crippen LogP contribution in [0.15, 0.2) is 49.6 Å². The predicted octanol–water partition coefficient (Wildman–Crippen LogP) is 5.35. The lowest BCUT2D eigenvalue weighted by Crippen LogP contribution is -2.12. The van der Waals surface area contributed by atoms with E-state index < -0.39 is 0 Å². The zero-order chi connectivity index (χ0) is 18.8. The lowest BCUT2D eigenvalue weighted by atomic mass is 9.79. The molecule has 1 atom stereocenters. The first kappa shape index (κ1) is 18.0. The average Bonchev–Trinajstić information content (AvgIpc) is 2.61. The fourth-order valence-electron chi connectivity index (χ4n) is 3.78. The van der Waals surface area contributed by atoms with Crippen LogP contribution in [0.5, 0.6) is 0 Å². The van der Waals surface area contributed by atoms with Crippen molar-refractivity contribution < 1.29 is 0 Å². The number of nitrogens with two attached hydrogens (primary N) is 1. The molecule has 1 unspecified atom stereocenters. The number of rotatable bonds is 5. The van der Waals surface area contributed by atoms with Crippen LogP contribution in [0.2, 0.25) is 0 Å². The number of nitrogen functional groups attached to an aromatic ring is 1. The number of hydrogen-bond acceptors (Lipinski definition) is 2. The van der Waals surface area contributed by atoms with E-state index in [0.717, 1.165) is 40.9 Å². The van der Waals surface area contributed by atoms with Crippen molar-refractivity contribution >= 4 is 22.8 Å². The fourth-order valence-corrected chi connectivity index (χ4v) is 3.78. The van der Waals surface area contributed by atoms with Crippen LogP contribution in [-0.4, -0.2) is 5.84 Å². The van der Waals surface area contributed by atoms with E-state index in [0.29, 0.717) is 5.92 Å². The molecule has 2 aromatic carbocycles. The van der Waals surface area contributed by atoms with Crippen LogP contribution in [-0.2, 0) is 6.42 Å². The van der Waals surface area contributed by atoms with Crippen LogP contribution in [0.1, 0.15) is 47.6 Å². The summed E-state index contributed by atoms with van der Waals surface area (Å²) in [5.74, 6) is 0.692. The Morgan fingerprint density at radius 1 is 1.27 bits per heavy atom. The van der Waals surface area contributed by atoms with Gasteiger partial charge in [0.2, 0.25) is 0 Å². The topological polar surface area (TPSA) is 61.9 Å². The van der Waals surface area contributed by atoms with Crippen molar-refractivity contribution in [3.63, 3.8) is 0 Å². The van der Waals surface area contributed by atoms with Crippen LogP contribution in [0.3, 0.4) is 0 Å². The quantitative estimate of drug-likeness (QED) is 0.505. The van der Waals surface area contributed by atoms with E-state index in [4.69, 9.17) is 11.1 Å². The van der Waals surface area contributed by atoms with Crippen molar-refractivity contribution in [1.29, 1.82) is 5.41 Å². The van der Waals surface area contributed by atoms with Crippen molar-refractivity contribution in [3.05, 3.63) is 77.4 Å². The van der Waals surface area contributed by atoms with Crippen molar-refractivity contribution in [2.24, 2.45) is 11.7 Å². The number of anilines is 1. The number of hydrogen-bond donors (Lipinski definition) is 3. The maximum atomic E-state index is 7.55. The number of allylic oxidation sites excluding steroid dienone is 1. The van der Waals surface area contributed by atoms with Gasteiger partial charge in [0.05, 0.1) is 0 Å². The van der Waals surface area contributed by atoms with E-state index in [2.05, 4.69) is 43.6 Å². The third-order valence-electron chi connectivity index (χ3n) is 5.36. The number of benzene rings is 2. The summed E-state index contributed by atoms with van der Waals surface area (Å²) in [5.41, 5.74) is 14.2. The minimum absolute atomic E-state index is 0.0820. The Morgan fingerprint density at radius 3 is 2.69 bits per heavy atom. The van der Waals surface area contributed by atoms with Crippen LogP contribution in [0.4, 0.5) is 5.69 Å². The van der Waals surface area contributed by atoms with Gasteiger partial charge in [-0.2, -0.15) is 0 Å². The molecule has 1 aliphatic carbocycles.